The van der Waals surface area contributed by atoms with Crippen LogP contribution in [0.25, 0.3) is 0 Å². The minimum Gasteiger partial charge on any atom is -0.393 e. The van der Waals surface area contributed by atoms with Gasteiger partial charge in [0.05, 0.1) is 6.10 Å². The molecule has 0 amide bonds. The molecule has 0 heterocycles. The van der Waals surface area contributed by atoms with E-state index in [9.17, 15) is 4.39 Å². The van der Waals surface area contributed by atoms with Crippen molar-refractivity contribution in [3.8, 4) is 0 Å². The topological polar surface area (TPSA) is 32.3 Å². The zero-order valence-corrected chi connectivity index (χ0v) is 9.26. The number of rotatable bonds is 5. The molecular weight excluding hydrogens is 193 g/mol. The van der Waals surface area contributed by atoms with Crippen LogP contribution in [0.1, 0.15) is 24.5 Å². The molecule has 0 aliphatic heterocycles. The highest BCUT2D eigenvalue weighted by atomic mass is 19.1. The highest BCUT2D eigenvalue weighted by Gasteiger charge is 2.00. The van der Waals surface area contributed by atoms with E-state index in [2.05, 4.69) is 5.32 Å². The Morgan fingerprint density at radius 1 is 1.47 bits per heavy atom. The van der Waals surface area contributed by atoms with Crippen molar-refractivity contribution in [1.82, 2.24) is 5.32 Å². The minimum absolute atomic E-state index is 0.194. The molecule has 2 nitrogen and oxygen atoms in total. The molecule has 0 bridgehead atoms. The van der Waals surface area contributed by atoms with Gasteiger partial charge in [0.1, 0.15) is 5.82 Å². The van der Waals surface area contributed by atoms with Crippen molar-refractivity contribution < 1.29 is 9.50 Å². The predicted molar refractivity (Wildman–Crippen MR) is 59.1 cm³/mol. The Hall–Kier alpha value is -0.930. The number of hydrogen-bond acceptors (Lipinski definition) is 2. The highest BCUT2D eigenvalue weighted by molar-refractivity contribution is 5.26. The lowest BCUT2D eigenvalue weighted by Gasteiger charge is -2.08. The second kappa shape index (κ2) is 5.83. The summed E-state index contributed by atoms with van der Waals surface area (Å²) in [5.41, 5.74) is 2.06. The summed E-state index contributed by atoms with van der Waals surface area (Å²) in [5, 5.41) is 12.3. The Balaban J connectivity index is 2.37. The molecule has 15 heavy (non-hydrogen) atoms. The first kappa shape index (κ1) is 12.1. The quantitative estimate of drug-likeness (QED) is 0.730. The number of aliphatic hydroxyl groups is 1. The van der Waals surface area contributed by atoms with Crippen LogP contribution in [0.15, 0.2) is 18.2 Å². The van der Waals surface area contributed by atoms with Gasteiger partial charge in [0.2, 0.25) is 0 Å². The Kier molecular flexibility index (Phi) is 4.72. The fraction of sp³-hybridized carbons (Fsp3) is 0.500. The lowest BCUT2D eigenvalue weighted by molar-refractivity contribution is 0.183. The van der Waals surface area contributed by atoms with E-state index in [0.29, 0.717) is 0 Å². The third-order valence-electron chi connectivity index (χ3n) is 2.36. The lowest BCUT2D eigenvalue weighted by Crippen LogP contribution is -2.19. The van der Waals surface area contributed by atoms with Gasteiger partial charge in [-0.25, -0.2) is 4.39 Å². The second-order valence-corrected chi connectivity index (χ2v) is 3.89. The Morgan fingerprint density at radius 3 is 2.80 bits per heavy atom. The van der Waals surface area contributed by atoms with E-state index < -0.39 is 0 Å². The third kappa shape index (κ3) is 4.40. The maximum atomic E-state index is 12.8. The van der Waals surface area contributed by atoms with Crippen LogP contribution in [-0.2, 0) is 6.54 Å². The monoisotopic (exact) mass is 211 g/mol. The molecule has 84 valence electrons. The number of benzene rings is 1. The van der Waals surface area contributed by atoms with Crippen LogP contribution in [0.2, 0.25) is 0 Å². The van der Waals surface area contributed by atoms with Crippen molar-refractivity contribution in [3.63, 3.8) is 0 Å². The molecule has 0 radical (unpaired) electrons. The summed E-state index contributed by atoms with van der Waals surface area (Å²) < 4.78 is 12.8. The Morgan fingerprint density at radius 2 is 2.20 bits per heavy atom. The minimum atomic E-state index is -0.271. The molecule has 0 aromatic heterocycles. The van der Waals surface area contributed by atoms with Gasteiger partial charge >= 0.3 is 0 Å². The van der Waals surface area contributed by atoms with E-state index >= 15 is 0 Å². The van der Waals surface area contributed by atoms with Crippen LogP contribution in [0, 0.1) is 12.7 Å². The van der Waals surface area contributed by atoms with Crippen LogP contribution in [-0.4, -0.2) is 17.8 Å². The van der Waals surface area contributed by atoms with Gasteiger partial charge in [-0.1, -0.05) is 6.07 Å². The highest BCUT2D eigenvalue weighted by Crippen LogP contribution is 2.09. The maximum Gasteiger partial charge on any atom is 0.123 e. The Labute approximate surface area is 90.1 Å². The van der Waals surface area contributed by atoms with Crippen molar-refractivity contribution >= 4 is 0 Å². The standard InChI is InChI=1S/C12H18FNO/c1-9-7-12(13)4-3-11(9)8-14-6-5-10(2)15/h3-4,7,10,14-15H,5-6,8H2,1-2H3/t10-/m0/s1. The van der Waals surface area contributed by atoms with Crippen molar-refractivity contribution in [3.05, 3.63) is 35.1 Å². The summed E-state index contributed by atoms with van der Waals surface area (Å²) in [5.74, 6) is -0.194. The third-order valence-corrected chi connectivity index (χ3v) is 2.36. The van der Waals surface area contributed by atoms with E-state index in [1.54, 1.807) is 13.0 Å². The fourth-order valence-electron chi connectivity index (χ4n) is 1.39. The summed E-state index contributed by atoms with van der Waals surface area (Å²) in [6, 6.07) is 4.80. The van der Waals surface area contributed by atoms with E-state index in [4.69, 9.17) is 5.11 Å². The van der Waals surface area contributed by atoms with Crippen molar-refractivity contribution in [2.24, 2.45) is 0 Å². The first-order valence-electron chi connectivity index (χ1n) is 5.23. The normalized spacial score (nSPS) is 12.8. The molecule has 1 aromatic rings. The first-order chi connectivity index (χ1) is 7.09. The van der Waals surface area contributed by atoms with Crippen molar-refractivity contribution in [2.45, 2.75) is 32.9 Å². The molecule has 0 fully saturated rings. The SMILES string of the molecule is Cc1cc(F)ccc1CNCC[C@H](C)O. The number of aliphatic hydroxyl groups excluding tert-OH is 1. The molecule has 0 aliphatic carbocycles. The predicted octanol–water partition coefficient (Wildman–Crippen LogP) is 1.99. The summed E-state index contributed by atoms with van der Waals surface area (Å²) in [7, 11) is 0. The zero-order chi connectivity index (χ0) is 11.3. The van der Waals surface area contributed by atoms with Crippen LogP contribution >= 0.6 is 0 Å². The molecule has 1 aromatic carbocycles. The van der Waals surface area contributed by atoms with Crippen LogP contribution < -0.4 is 5.32 Å². The van der Waals surface area contributed by atoms with Crippen LogP contribution in [0.5, 0.6) is 0 Å². The van der Waals surface area contributed by atoms with Crippen molar-refractivity contribution in [1.29, 1.82) is 0 Å². The van der Waals surface area contributed by atoms with Gasteiger partial charge in [0.25, 0.3) is 0 Å². The van der Waals surface area contributed by atoms with E-state index in [1.807, 2.05) is 6.92 Å². The van der Waals surface area contributed by atoms with Gasteiger partial charge in [0.15, 0.2) is 0 Å². The zero-order valence-electron chi connectivity index (χ0n) is 9.26. The molecule has 0 aliphatic rings. The largest absolute Gasteiger partial charge is 0.393 e. The molecule has 2 N–H and O–H groups in total. The smallest absolute Gasteiger partial charge is 0.123 e. The van der Waals surface area contributed by atoms with Crippen LogP contribution in [0.3, 0.4) is 0 Å². The molecule has 0 spiro atoms. The van der Waals surface area contributed by atoms with E-state index in [0.717, 1.165) is 30.6 Å². The number of halogens is 1. The molecule has 1 rings (SSSR count). The number of aryl methyl sites for hydroxylation is 1. The first-order valence-corrected chi connectivity index (χ1v) is 5.23. The number of hydrogen-bond donors (Lipinski definition) is 2. The second-order valence-electron chi connectivity index (χ2n) is 3.89. The van der Waals surface area contributed by atoms with Crippen LogP contribution in [0.4, 0.5) is 4.39 Å². The molecule has 0 saturated heterocycles. The summed E-state index contributed by atoms with van der Waals surface area (Å²) in [6.07, 6.45) is 0.465. The molecule has 0 unspecified atom stereocenters. The van der Waals surface area contributed by atoms with E-state index in [-0.39, 0.29) is 11.9 Å². The molecule has 1 atom stereocenters. The number of nitrogens with one attached hydrogen (secondary N) is 1. The van der Waals surface area contributed by atoms with Gasteiger partial charge in [0, 0.05) is 6.54 Å². The average molecular weight is 211 g/mol. The average Bonchev–Trinajstić information content (AvgIpc) is 2.14. The summed E-state index contributed by atoms with van der Waals surface area (Å²) in [6.45, 7) is 5.16. The lowest BCUT2D eigenvalue weighted by atomic mass is 10.1. The van der Waals surface area contributed by atoms with Gasteiger partial charge in [-0.05, 0) is 50.1 Å². The van der Waals surface area contributed by atoms with Crippen molar-refractivity contribution in [2.75, 3.05) is 6.54 Å². The van der Waals surface area contributed by atoms with Gasteiger partial charge in [-0.15, -0.1) is 0 Å². The van der Waals surface area contributed by atoms with Gasteiger partial charge in [-0.3, -0.25) is 0 Å². The summed E-state index contributed by atoms with van der Waals surface area (Å²) in [4.78, 5) is 0. The molecular formula is C12H18FNO. The van der Waals surface area contributed by atoms with Gasteiger partial charge in [-0.2, -0.15) is 0 Å². The summed E-state index contributed by atoms with van der Waals surface area (Å²) >= 11 is 0. The molecule has 3 heteroatoms. The fourth-order valence-corrected chi connectivity index (χ4v) is 1.39. The molecule has 0 saturated carbocycles. The maximum absolute atomic E-state index is 12.8. The Bertz CT molecular complexity index is 312. The van der Waals surface area contributed by atoms with Gasteiger partial charge < -0.3 is 10.4 Å². The van der Waals surface area contributed by atoms with E-state index in [1.165, 1.54) is 12.1 Å².